The lowest BCUT2D eigenvalue weighted by Crippen LogP contribution is -2.36. The second-order valence-electron chi connectivity index (χ2n) is 8.65. The number of carbonyl (C=O) groups excluding carboxylic acids is 3. The van der Waals surface area contributed by atoms with Gasteiger partial charge in [-0.1, -0.05) is 0 Å². The molecule has 0 spiro atoms. The van der Waals surface area contributed by atoms with E-state index in [1.54, 1.807) is 0 Å². The lowest BCUT2D eigenvalue weighted by atomic mass is 10.1. The Morgan fingerprint density at radius 3 is 1.61 bits per heavy atom. The summed E-state index contributed by atoms with van der Waals surface area (Å²) in [6.45, 7) is 2.11. The zero-order valence-corrected chi connectivity index (χ0v) is 23.6. The number of carbonyl (C=O) groups is 5. The van der Waals surface area contributed by atoms with Gasteiger partial charge in [-0.05, 0) is 32.7 Å². The third kappa shape index (κ3) is 23.6. The Kier molecular flexibility index (Phi) is 24.3. The number of aliphatic carboxylic acids is 2. The number of nitrogens with one attached hydrogen (secondary N) is 5. The third-order valence-corrected chi connectivity index (χ3v) is 5.40. The van der Waals surface area contributed by atoms with Gasteiger partial charge in [-0.15, -0.1) is 0 Å². The molecule has 0 bridgehead atoms. The first-order chi connectivity index (χ1) is 19.7. The lowest BCUT2D eigenvalue weighted by molar-refractivity contribution is -0.140. The summed E-state index contributed by atoms with van der Waals surface area (Å²) < 4.78 is 21.0. The van der Waals surface area contributed by atoms with E-state index in [0.717, 1.165) is 0 Å². The summed E-state index contributed by atoms with van der Waals surface area (Å²) in [5.74, 6) is -2.88. The normalized spacial score (nSPS) is 12.3. The zero-order valence-electron chi connectivity index (χ0n) is 23.6. The van der Waals surface area contributed by atoms with E-state index in [9.17, 15) is 24.0 Å². The molecule has 234 valence electrons. The van der Waals surface area contributed by atoms with Crippen LogP contribution in [0.1, 0.15) is 32.1 Å². The fraction of sp³-hybridized carbons (Fsp3) is 0.792. The molecule has 7 N–H and O–H groups in total. The Bertz CT molecular complexity index is 764. The van der Waals surface area contributed by atoms with E-state index in [1.807, 2.05) is 0 Å². The molecule has 0 saturated carbocycles. The maximum atomic E-state index is 11.7. The molecule has 0 aliphatic rings. The van der Waals surface area contributed by atoms with Crippen molar-refractivity contribution in [3.63, 3.8) is 0 Å². The standard InChI is InChI=1S/C24H44BN5O11/c1-26-18(23(34)35)5-6-20(31)28-8-10-38-12-15-41-17-22(33)29-9-11-39-13-14-40-16-21(32)27-7-3-2-4-19(30-25)24(36)37/h18-19,26,30H,2-17H2,1H3,(H,27,32)(H,28,31)(H,29,33)(H,34,35)(H,36,37). The van der Waals surface area contributed by atoms with Crippen LogP contribution in [-0.2, 0) is 42.9 Å². The van der Waals surface area contributed by atoms with Crippen LogP contribution in [0.3, 0.4) is 0 Å². The Labute approximate surface area is 241 Å². The van der Waals surface area contributed by atoms with E-state index in [4.69, 9.17) is 37.1 Å². The summed E-state index contributed by atoms with van der Waals surface area (Å²) in [5, 5.41) is 30.5. The summed E-state index contributed by atoms with van der Waals surface area (Å²) in [6.07, 6.45) is 1.84. The highest BCUT2D eigenvalue weighted by Crippen LogP contribution is 2.00. The maximum Gasteiger partial charge on any atom is 0.320 e. The molecule has 2 atom stereocenters. The number of amides is 3. The number of rotatable bonds is 28. The highest BCUT2D eigenvalue weighted by Gasteiger charge is 2.16. The van der Waals surface area contributed by atoms with Crippen LogP contribution in [0.15, 0.2) is 0 Å². The van der Waals surface area contributed by atoms with E-state index in [-0.39, 0.29) is 96.5 Å². The molecule has 16 nitrogen and oxygen atoms in total. The van der Waals surface area contributed by atoms with Gasteiger partial charge in [0.1, 0.15) is 19.3 Å². The monoisotopic (exact) mass is 589 g/mol. The number of carboxylic acids is 2. The smallest absolute Gasteiger partial charge is 0.320 e. The van der Waals surface area contributed by atoms with E-state index >= 15 is 0 Å². The van der Waals surface area contributed by atoms with Gasteiger partial charge in [0, 0.05) is 26.1 Å². The van der Waals surface area contributed by atoms with Crippen molar-refractivity contribution < 1.29 is 53.1 Å². The molecule has 2 unspecified atom stereocenters. The Hall–Kier alpha value is -2.83. The average Bonchev–Trinajstić information content (AvgIpc) is 2.93. The molecule has 0 aliphatic carbocycles. The van der Waals surface area contributed by atoms with Gasteiger partial charge in [-0.3, -0.25) is 24.0 Å². The number of ether oxygens (including phenoxy) is 4. The molecule has 0 aromatic rings. The Morgan fingerprint density at radius 2 is 1.12 bits per heavy atom. The molecule has 3 amide bonds. The summed E-state index contributed by atoms with van der Waals surface area (Å²) in [5.41, 5.74) is 0. The van der Waals surface area contributed by atoms with Crippen LogP contribution in [0, 0.1) is 0 Å². The van der Waals surface area contributed by atoms with Gasteiger partial charge in [-0.2, -0.15) is 0 Å². The van der Waals surface area contributed by atoms with Crippen LogP contribution >= 0.6 is 0 Å². The minimum Gasteiger partial charge on any atom is -0.480 e. The first-order valence-electron chi connectivity index (χ1n) is 13.4. The van der Waals surface area contributed by atoms with Crippen LogP contribution in [-0.4, -0.2) is 139 Å². The van der Waals surface area contributed by atoms with Gasteiger partial charge < -0.3 is 55.7 Å². The molecule has 0 fully saturated rings. The Morgan fingerprint density at radius 1 is 0.634 bits per heavy atom. The van der Waals surface area contributed by atoms with E-state index < -0.39 is 24.0 Å². The van der Waals surface area contributed by atoms with Crippen molar-refractivity contribution in [1.82, 2.24) is 26.5 Å². The number of likely N-dealkylation sites (N-methyl/N-ethyl adjacent to an activating group) is 1. The van der Waals surface area contributed by atoms with Crippen LogP contribution < -0.4 is 26.5 Å². The van der Waals surface area contributed by atoms with Gasteiger partial charge in [0.25, 0.3) is 0 Å². The topological polar surface area (TPSA) is 223 Å². The summed E-state index contributed by atoms with van der Waals surface area (Å²) >= 11 is 0. The molecule has 2 radical (unpaired) electrons. The van der Waals surface area contributed by atoms with E-state index in [0.29, 0.717) is 25.8 Å². The maximum absolute atomic E-state index is 11.7. The largest absolute Gasteiger partial charge is 0.480 e. The van der Waals surface area contributed by atoms with Gasteiger partial charge in [0.2, 0.25) is 17.7 Å². The number of unbranched alkanes of at least 4 members (excludes halogenated alkanes) is 1. The molecule has 0 saturated heterocycles. The lowest BCUT2D eigenvalue weighted by Gasteiger charge is -2.11. The second kappa shape index (κ2) is 26.1. The van der Waals surface area contributed by atoms with Gasteiger partial charge in [0.15, 0.2) is 7.98 Å². The molecule has 0 aliphatic heterocycles. The molecule has 41 heavy (non-hydrogen) atoms. The Balaban J connectivity index is 3.47. The van der Waals surface area contributed by atoms with Crippen LogP contribution in [0.25, 0.3) is 0 Å². The molecule has 0 aromatic carbocycles. The summed E-state index contributed by atoms with van der Waals surface area (Å²) in [4.78, 5) is 56.8. The van der Waals surface area contributed by atoms with Crippen LogP contribution in [0.5, 0.6) is 0 Å². The molecular formula is C24H44BN5O11. The molecule has 0 heterocycles. The SMILES string of the molecule is [B]NC(CCCCNC(=O)COCCOCCNC(=O)COCCOCCNC(=O)CCC(NC)C(=O)O)C(=O)O. The van der Waals surface area contributed by atoms with Crippen molar-refractivity contribution in [3.05, 3.63) is 0 Å². The van der Waals surface area contributed by atoms with Gasteiger partial charge in [-0.25, -0.2) is 0 Å². The molecular weight excluding hydrogens is 545 g/mol. The summed E-state index contributed by atoms with van der Waals surface area (Å²) in [6, 6.07) is -1.57. The van der Waals surface area contributed by atoms with Crippen LogP contribution in [0.4, 0.5) is 0 Å². The third-order valence-electron chi connectivity index (χ3n) is 5.40. The molecule has 0 rings (SSSR count). The quantitative estimate of drug-likeness (QED) is 0.0361. The number of hydrogen-bond donors (Lipinski definition) is 7. The first kappa shape index (κ1) is 38.2. The van der Waals surface area contributed by atoms with Crippen molar-refractivity contribution in [2.24, 2.45) is 0 Å². The average molecular weight is 589 g/mol. The predicted octanol–water partition coefficient (Wildman–Crippen LogP) is -2.85. The first-order valence-corrected chi connectivity index (χ1v) is 13.4. The van der Waals surface area contributed by atoms with Crippen molar-refractivity contribution in [2.45, 2.75) is 44.2 Å². The fourth-order valence-electron chi connectivity index (χ4n) is 3.13. The number of carboxylic acid groups (broad SMARTS) is 2. The van der Waals surface area contributed by atoms with E-state index in [1.165, 1.54) is 7.05 Å². The van der Waals surface area contributed by atoms with E-state index in [2.05, 4.69) is 26.5 Å². The van der Waals surface area contributed by atoms with Crippen molar-refractivity contribution in [1.29, 1.82) is 0 Å². The number of hydrogen-bond acceptors (Lipinski definition) is 11. The predicted molar refractivity (Wildman–Crippen MR) is 146 cm³/mol. The fourth-order valence-corrected chi connectivity index (χ4v) is 3.13. The molecule has 17 heteroatoms. The van der Waals surface area contributed by atoms with Crippen molar-refractivity contribution in [2.75, 3.05) is 79.5 Å². The zero-order chi connectivity index (χ0) is 30.7. The van der Waals surface area contributed by atoms with Gasteiger partial charge >= 0.3 is 11.9 Å². The second-order valence-corrected chi connectivity index (χ2v) is 8.65. The van der Waals surface area contributed by atoms with Gasteiger partial charge in [0.05, 0.1) is 45.7 Å². The van der Waals surface area contributed by atoms with Crippen molar-refractivity contribution in [3.8, 4) is 0 Å². The minimum absolute atomic E-state index is 0.0874. The molecule has 0 aromatic heterocycles. The summed E-state index contributed by atoms with van der Waals surface area (Å²) in [7, 11) is 6.67. The highest BCUT2D eigenvalue weighted by atomic mass is 16.5. The van der Waals surface area contributed by atoms with Crippen LogP contribution in [0.2, 0.25) is 0 Å². The van der Waals surface area contributed by atoms with Crippen molar-refractivity contribution >= 4 is 37.6 Å². The highest BCUT2D eigenvalue weighted by molar-refractivity contribution is 6.06. The minimum atomic E-state index is -1.02.